The number of rotatable bonds is 6. The number of benzene rings is 1. The highest BCUT2D eigenvalue weighted by atomic mass is 19.1. The highest BCUT2D eigenvalue weighted by Crippen LogP contribution is 2.13. The Morgan fingerprint density at radius 1 is 1.24 bits per heavy atom. The van der Waals surface area contributed by atoms with Crippen LogP contribution < -0.4 is 10.6 Å². The van der Waals surface area contributed by atoms with Crippen molar-refractivity contribution in [1.82, 2.24) is 10.1 Å². The first-order valence-corrected chi connectivity index (χ1v) is 7.80. The Hall–Kier alpha value is -3.22. The molecule has 2 N–H and O–H groups in total. The first kappa shape index (κ1) is 16.6. The smallest absolute Gasteiger partial charge is 0.275 e. The predicted molar refractivity (Wildman–Crippen MR) is 92.0 cm³/mol. The first-order chi connectivity index (χ1) is 12.1. The summed E-state index contributed by atoms with van der Waals surface area (Å²) in [4.78, 5) is 16.2. The van der Waals surface area contributed by atoms with Crippen molar-refractivity contribution in [3.8, 4) is 0 Å². The van der Waals surface area contributed by atoms with Crippen molar-refractivity contribution in [2.75, 3.05) is 17.2 Å². The number of aryl methyl sites for hydroxylation is 1. The van der Waals surface area contributed by atoms with Crippen molar-refractivity contribution in [1.29, 1.82) is 0 Å². The zero-order chi connectivity index (χ0) is 17.6. The Morgan fingerprint density at radius 3 is 2.84 bits per heavy atom. The molecule has 0 atom stereocenters. The molecule has 0 aliphatic carbocycles. The maximum absolute atomic E-state index is 13.6. The first-order valence-electron chi connectivity index (χ1n) is 7.80. The number of nitrogens with zero attached hydrogens (tertiary/aromatic N) is 2. The number of amides is 1. The van der Waals surface area contributed by atoms with Crippen molar-refractivity contribution in [2.24, 2.45) is 0 Å². The van der Waals surface area contributed by atoms with Crippen molar-refractivity contribution < 1.29 is 13.7 Å². The third-order valence-corrected chi connectivity index (χ3v) is 3.54. The lowest BCUT2D eigenvalue weighted by atomic mass is 10.1. The lowest BCUT2D eigenvalue weighted by Gasteiger charge is -2.08. The standard InChI is InChI=1S/C18H17FN4O2/c1-12-10-17(23-25-12)22-18(24)16-11-14(7-9-21-16)20-8-6-13-4-2-3-5-15(13)19/h2-5,7,9-11H,6,8H2,1H3,(H,20,21)(H,22,23,24). The average molecular weight is 340 g/mol. The molecule has 1 amide bonds. The third kappa shape index (κ3) is 4.41. The summed E-state index contributed by atoms with van der Waals surface area (Å²) >= 11 is 0. The van der Waals surface area contributed by atoms with Gasteiger partial charge < -0.3 is 15.2 Å². The van der Waals surface area contributed by atoms with E-state index in [0.717, 1.165) is 5.69 Å². The molecule has 2 aromatic heterocycles. The van der Waals surface area contributed by atoms with Gasteiger partial charge in [0.05, 0.1) is 0 Å². The highest BCUT2D eigenvalue weighted by molar-refractivity contribution is 6.02. The van der Waals surface area contributed by atoms with Crippen LogP contribution in [0.4, 0.5) is 15.9 Å². The van der Waals surface area contributed by atoms with Crippen molar-refractivity contribution in [3.63, 3.8) is 0 Å². The van der Waals surface area contributed by atoms with Gasteiger partial charge >= 0.3 is 0 Å². The maximum Gasteiger partial charge on any atom is 0.275 e. The number of aromatic nitrogens is 2. The second-order valence-electron chi connectivity index (χ2n) is 5.47. The molecule has 0 unspecified atom stereocenters. The Bertz CT molecular complexity index is 879. The highest BCUT2D eigenvalue weighted by Gasteiger charge is 2.11. The van der Waals surface area contributed by atoms with E-state index in [4.69, 9.17) is 4.52 Å². The molecule has 0 radical (unpaired) electrons. The van der Waals surface area contributed by atoms with Gasteiger partial charge in [-0.25, -0.2) is 4.39 Å². The molecule has 3 aromatic rings. The monoisotopic (exact) mass is 340 g/mol. The molecule has 7 heteroatoms. The summed E-state index contributed by atoms with van der Waals surface area (Å²) in [5.74, 6) is 0.335. The molecule has 0 spiro atoms. The van der Waals surface area contributed by atoms with Crippen LogP contribution >= 0.6 is 0 Å². The lowest BCUT2D eigenvalue weighted by Crippen LogP contribution is -2.14. The molecular weight excluding hydrogens is 323 g/mol. The SMILES string of the molecule is Cc1cc(NC(=O)c2cc(NCCc3ccccc3F)ccn2)no1. The molecule has 0 bridgehead atoms. The number of carbonyl (C=O) groups is 1. The minimum absolute atomic E-state index is 0.220. The number of nitrogens with one attached hydrogen (secondary N) is 2. The van der Waals surface area contributed by atoms with Crippen molar-refractivity contribution >= 4 is 17.4 Å². The fourth-order valence-electron chi connectivity index (χ4n) is 2.31. The van der Waals surface area contributed by atoms with Gasteiger partial charge in [0, 0.05) is 24.5 Å². The number of hydrogen-bond donors (Lipinski definition) is 2. The van der Waals surface area contributed by atoms with Gasteiger partial charge in [-0.05, 0) is 37.1 Å². The Kier molecular flexibility index (Phi) is 5.03. The molecule has 0 saturated carbocycles. The fraction of sp³-hybridized carbons (Fsp3) is 0.167. The van der Waals surface area contributed by atoms with E-state index in [0.29, 0.717) is 30.1 Å². The fourth-order valence-corrected chi connectivity index (χ4v) is 2.31. The zero-order valence-corrected chi connectivity index (χ0v) is 13.6. The molecule has 0 fully saturated rings. The number of anilines is 2. The van der Waals surface area contributed by atoms with E-state index in [1.54, 1.807) is 43.3 Å². The van der Waals surface area contributed by atoms with Gasteiger partial charge in [-0.2, -0.15) is 0 Å². The van der Waals surface area contributed by atoms with Gasteiger partial charge in [-0.3, -0.25) is 9.78 Å². The van der Waals surface area contributed by atoms with E-state index in [-0.39, 0.29) is 17.4 Å². The molecule has 0 aliphatic heterocycles. The summed E-state index contributed by atoms with van der Waals surface area (Å²) in [6, 6.07) is 11.7. The van der Waals surface area contributed by atoms with E-state index in [1.807, 2.05) is 0 Å². The second kappa shape index (κ2) is 7.57. The molecule has 0 saturated heterocycles. The van der Waals surface area contributed by atoms with E-state index >= 15 is 0 Å². The number of pyridine rings is 1. The molecule has 25 heavy (non-hydrogen) atoms. The number of carbonyl (C=O) groups excluding carboxylic acids is 1. The van der Waals surface area contributed by atoms with E-state index < -0.39 is 0 Å². The van der Waals surface area contributed by atoms with Crippen LogP contribution in [0.3, 0.4) is 0 Å². The summed E-state index contributed by atoms with van der Waals surface area (Å²) in [7, 11) is 0. The largest absolute Gasteiger partial charge is 0.385 e. The van der Waals surface area contributed by atoms with Crippen LogP contribution in [0.15, 0.2) is 53.2 Å². The molecule has 0 aliphatic rings. The summed E-state index contributed by atoms with van der Waals surface area (Å²) in [6.07, 6.45) is 2.07. The van der Waals surface area contributed by atoms with Crippen LogP contribution in [0.2, 0.25) is 0 Å². The Balaban J connectivity index is 1.59. The number of hydrogen-bond acceptors (Lipinski definition) is 5. The second-order valence-corrected chi connectivity index (χ2v) is 5.47. The number of halogens is 1. The molecule has 3 rings (SSSR count). The van der Waals surface area contributed by atoms with Crippen LogP contribution in [0, 0.1) is 12.7 Å². The molecule has 2 heterocycles. The average Bonchev–Trinajstić information content (AvgIpc) is 3.02. The van der Waals surface area contributed by atoms with Crippen LogP contribution in [-0.4, -0.2) is 22.6 Å². The van der Waals surface area contributed by atoms with Gasteiger partial charge in [-0.15, -0.1) is 0 Å². The van der Waals surface area contributed by atoms with Crippen molar-refractivity contribution in [3.05, 3.63) is 71.5 Å². The zero-order valence-electron chi connectivity index (χ0n) is 13.6. The molecule has 6 nitrogen and oxygen atoms in total. The van der Waals surface area contributed by atoms with Crippen LogP contribution in [0.25, 0.3) is 0 Å². The Labute approximate surface area is 144 Å². The minimum atomic E-state index is -0.383. The topological polar surface area (TPSA) is 80.0 Å². The van der Waals surface area contributed by atoms with Crippen LogP contribution in [-0.2, 0) is 6.42 Å². The maximum atomic E-state index is 13.6. The predicted octanol–water partition coefficient (Wildman–Crippen LogP) is 3.42. The van der Waals surface area contributed by atoms with Gasteiger partial charge in [0.2, 0.25) is 0 Å². The summed E-state index contributed by atoms with van der Waals surface area (Å²) < 4.78 is 18.5. The third-order valence-electron chi connectivity index (χ3n) is 3.54. The van der Waals surface area contributed by atoms with Crippen molar-refractivity contribution in [2.45, 2.75) is 13.3 Å². The molecular formula is C18H17FN4O2. The lowest BCUT2D eigenvalue weighted by molar-refractivity contribution is 0.102. The summed E-state index contributed by atoms with van der Waals surface area (Å²) in [6.45, 7) is 2.27. The van der Waals surface area contributed by atoms with Gasteiger partial charge in [0.1, 0.15) is 17.3 Å². The van der Waals surface area contributed by atoms with Crippen LogP contribution in [0.5, 0.6) is 0 Å². The quantitative estimate of drug-likeness (QED) is 0.719. The normalized spacial score (nSPS) is 10.5. The summed E-state index contributed by atoms with van der Waals surface area (Å²) in [5.41, 5.74) is 1.62. The van der Waals surface area contributed by atoms with Gasteiger partial charge in [0.15, 0.2) is 5.82 Å². The molecule has 1 aromatic carbocycles. The minimum Gasteiger partial charge on any atom is -0.385 e. The van der Waals surface area contributed by atoms with Gasteiger partial charge in [0.25, 0.3) is 5.91 Å². The molecule has 128 valence electrons. The van der Waals surface area contributed by atoms with E-state index in [2.05, 4.69) is 20.8 Å². The van der Waals surface area contributed by atoms with Crippen LogP contribution in [0.1, 0.15) is 21.8 Å². The Morgan fingerprint density at radius 2 is 2.08 bits per heavy atom. The summed E-state index contributed by atoms with van der Waals surface area (Å²) in [5, 5.41) is 9.48. The van der Waals surface area contributed by atoms with Gasteiger partial charge in [-0.1, -0.05) is 23.4 Å². The van der Waals surface area contributed by atoms with E-state index in [9.17, 15) is 9.18 Å². The van der Waals surface area contributed by atoms with E-state index in [1.165, 1.54) is 12.3 Å².